The van der Waals surface area contributed by atoms with Crippen LogP contribution < -0.4 is 15.4 Å². The highest BCUT2D eigenvalue weighted by molar-refractivity contribution is 8.00. The Morgan fingerprint density at radius 3 is 2.43 bits per heavy atom. The van der Waals surface area contributed by atoms with Crippen LogP contribution in [-0.2, 0) is 4.79 Å². The first-order valence-corrected chi connectivity index (χ1v) is 9.66. The molecule has 0 heterocycles. The van der Waals surface area contributed by atoms with Gasteiger partial charge in [-0.3, -0.25) is 9.59 Å². The molecule has 2 amide bonds. The van der Waals surface area contributed by atoms with Gasteiger partial charge < -0.3 is 15.4 Å². The van der Waals surface area contributed by atoms with Gasteiger partial charge in [0.1, 0.15) is 5.75 Å². The SMILES string of the molecule is COc1cccc(NC(=O)c2ccccc2NC(=O)CSc2ccccc2)c1. The van der Waals surface area contributed by atoms with Crippen molar-refractivity contribution in [1.29, 1.82) is 0 Å². The molecule has 3 rings (SSSR count). The molecular formula is C22H20N2O3S. The van der Waals surface area contributed by atoms with E-state index in [0.29, 0.717) is 22.7 Å². The molecular weight excluding hydrogens is 372 g/mol. The predicted molar refractivity (Wildman–Crippen MR) is 113 cm³/mol. The Morgan fingerprint density at radius 1 is 0.893 bits per heavy atom. The summed E-state index contributed by atoms with van der Waals surface area (Å²) in [7, 11) is 1.57. The number of nitrogens with one attached hydrogen (secondary N) is 2. The Bertz CT molecular complexity index is 961. The molecule has 0 bridgehead atoms. The summed E-state index contributed by atoms with van der Waals surface area (Å²) >= 11 is 1.44. The van der Waals surface area contributed by atoms with Crippen molar-refractivity contribution in [3.8, 4) is 5.75 Å². The number of carbonyl (C=O) groups is 2. The minimum Gasteiger partial charge on any atom is -0.497 e. The number of ether oxygens (including phenoxy) is 1. The highest BCUT2D eigenvalue weighted by Crippen LogP contribution is 2.22. The van der Waals surface area contributed by atoms with E-state index in [1.807, 2.05) is 30.3 Å². The van der Waals surface area contributed by atoms with Crippen molar-refractivity contribution in [3.63, 3.8) is 0 Å². The average Bonchev–Trinajstić information content (AvgIpc) is 2.73. The molecule has 5 nitrogen and oxygen atoms in total. The summed E-state index contributed by atoms with van der Waals surface area (Å²) in [6, 6.07) is 23.7. The van der Waals surface area contributed by atoms with Crippen molar-refractivity contribution in [2.24, 2.45) is 0 Å². The van der Waals surface area contributed by atoms with Crippen LogP contribution in [0.2, 0.25) is 0 Å². The fourth-order valence-electron chi connectivity index (χ4n) is 2.54. The van der Waals surface area contributed by atoms with Gasteiger partial charge in [0.15, 0.2) is 0 Å². The van der Waals surface area contributed by atoms with E-state index in [0.717, 1.165) is 4.90 Å². The highest BCUT2D eigenvalue weighted by atomic mass is 32.2. The zero-order valence-electron chi connectivity index (χ0n) is 15.3. The highest BCUT2D eigenvalue weighted by Gasteiger charge is 2.14. The van der Waals surface area contributed by atoms with Crippen LogP contribution in [-0.4, -0.2) is 24.7 Å². The normalized spacial score (nSPS) is 10.2. The smallest absolute Gasteiger partial charge is 0.257 e. The minimum atomic E-state index is -0.306. The third kappa shape index (κ3) is 5.37. The van der Waals surface area contributed by atoms with E-state index in [4.69, 9.17) is 4.74 Å². The summed E-state index contributed by atoms with van der Waals surface area (Å²) < 4.78 is 5.17. The monoisotopic (exact) mass is 392 g/mol. The minimum absolute atomic E-state index is 0.171. The molecule has 0 aliphatic rings. The molecule has 0 saturated carbocycles. The van der Waals surface area contributed by atoms with Crippen LogP contribution in [0.4, 0.5) is 11.4 Å². The molecule has 0 aliphatic heterocycles. The second-order valence-electron chi connectivity index (χ2n) is 5.88. The van der Waals surface area contributed by atoms with Crippen molar-refractivity contribution >= 4 is 35.0 Å². The van der Waals surface area contributed by atoms with Crippen LogP contribution >= 0.6 is 11.8 Å². The number of anilines is 2. The van der Waals surface area contributed by atoms with Gasteiger partial charge in [0.2, 0.25) is 5.91 Å². The van der Waals surface area contributed by atoms with Gasteiger partial charge in [-0.1, -0.05) is 36.4 Å². The molecule has 0 saturated heterocycles. The van der Waals surface area contributed by atoms with Gasteiger partial charge in [0, 0.05) is 16.6 Å². The van der Waals surface area contributed by atoms with E-state index >= 15 is 0 Å². The number of rotatable bonds is 7. The van der Waals surface area contributed by atoms with E-state index in [1.54, 1.807) is 55.6 Å². The third-order valence-electron chi connectivity index (χ3n) is 3.89. The topological polar surface area (TPSA) is 67.4 Å². The quantitative estimate of drug-likeness (QED) is 0.573. The zero-order chi connectivity index (χ0) is 19.8. The number of para-hydroxylation sites is 1. The number of methoxy groups -OCH3 is 1. The maximum absolute atomic E-state index is 12.7. The molecule has 142 valence electrons. The molecule has 0 aliphatic carbocycles. The lowest BCUT2D eigenvalue weighted by Gasteiger charge is -2.12. The fourth-order valence-corrected chi connectivity index (χ4v) is 3.26. The lowest BCUT2D eigenvalue weighted by Crippen LogP contribution is -2.19. The van der Waals surface area contributed by atoms with Gasteiger partial charge >= 0.3 is 0 Å². The molecule has 28 heavy (non-hydrogen) atoms. The summed E-state index contributed by atoms with van der Waals surface area (Å²) in [5.74, 6) is 0.434. The van der Waals surface area contributed by atoms with E-state index < -0.39 is 0 Å². The van der Waals surface area contributed by atoms with Gasteiger partial charge in [-0.05, 0) is 36.4 Å². The summed E-state index contributed by atoms with van der Waals surface area (Å²) in [6.45, 7) is 0. The van der Waals surface area contributed by atoms with Crippen molar-refractivity contribution < 1.29 is 14.3 Å². The van der Waals surface area contributed by atoms with Gasteiger partial charge in [0.25, 0.3) is 5.91 Å². The first kappa shape index (κ1) is 19.5. The van der Waals surface area contributed by atoms with E-state index in [-0.39, 0.29) is 17.6 Å². The first-order valence-electron chi connectivity index (χ1n) is 8.68. The molecule has 2 N–H and O–H groups in total. The Kier molecular flexibility index (Phi) is 6.70. The zero-order valence-corrected chi connectivity index (χ0v) is 16.2. The van der Waals surface area contributed by atoms with Crippen LogP contribution in [0.25, 0.3) is 0 Å². The Balaban J connectivity index is 1.66. The van der Waals surface area contributed by atoms with Gasteiger partial charge in [0.05, 0.1) is 24.1 Å². The molecule has 6 heteroatoms. The van der Waals surface area contributed by atoms with Gasteiger partial charge in [-0.15, -0.1) is 11.8 Å². The van der Waals surface area contributed by atoms with Crippen LogP contribution in [0.15, 0.2) is 83.8 Å². The summed E-state index contributed by atoms with van der Waals surface area (Å²) in [5, 5.41) is 5.65. The second-order valence-corrected chi connectivity index (χ2v) is 6.93. The number of hydrogen-bond acceptors (Lipinski definition) is 4. The molecule has 3 aromatic rings. The number of hydrogen-bond donors (Lipinski definition) is 2. The molecule has 0 fully saturated rings. The maximum atomic E-state index is 12.7. The maximum Gasteiger partial charge on any atom is 0.257 e. The van der Waals surface area contributed by atoms with Gasteiger partial charge in [-0.25, -0.2) is 0 Å². The number of amides is 2. The third-order valence-corrected chi connectivity index (χ3v) is 4.90. The molecule has 0 aromatic heterocycles. The predicted octanol–water partition coefficient (Wildman–Crippen LogP) is 4.68. The van der Waals surface area contributed by atoms with Crippen molar-refractivity contribution in [2.45, 2.75) is 4.90 Å². The largest absolute Gasteiger partial charge is 0.497 e. The summed E-state index contributed by atoms with van der Waals surface area (Å²) in [5.41, 5.74) is 1.48. The van der Waals surface area contributed by atoms with Crippen LogP contribution in [0.3, 0.4) is 0 Å². The van der Waals surface area contributed by atoms with E-state index in [2.05, 4.69) is 10.6 Å². The molecule has 3 aromatic carbocycles. The standard InChI is InChI=1S/C22H20N2O3S/c1-27-17-9-7-8-16(14-17)23-22(26)19-12-5-6-13-20(19)24-21(25)15-28-18-10-3-2-4-11-18/h2-14H,15H2,1H3,(H,23,26)(H,24,25). The lowest BCUT2D eigenvalue weighted by atomic mass is 10.1. The van der Waals surface area contributed by atoms with Gasteiger partial charge in [-0.2, -0.15) is 0 Å². The summed E-state index contributed by atoms with van der Waals surface area (Å²) in [6.07, 6.45) is 0. The molecule has 0 radical (unpaired) electrons. The van der Waals surface area contributed by atoms with E-state index in [1.165, 1.54) is 11.8 Å². The Hall–Kier alpha value is -3.25. The first-order chi connectivity index (χ1) is 13.7. The van der Waals surface area contributed by atoms with Crippen LogP contribution in [0.1, 0.15) is 10.4 Å². The second kappa shape index (κ2) is 9.62. The van der Waals surface area contributed by atoms with Crippen LogP contribution in [0.5, 0.6) is 5.75 Å². The number of carbonyl (C=O) groups excluding carboxylic acids is 2. The Morgan fingerprint density at radius 2 is 1.64 bits per heavy atom. The molecule has 0 unspecified atom stereocenters. The van der Waals surface area contributed by atoms with Crippen LogP contribution in [0, 0.1) is 0 Å². The Labute approximate surface area is 168 Å². The van der Waals surface area contributed by atoms with E-state index in [9.17, 15) is 9.59 Å². The van der Waals surface area contributed by atoms with Crippen molar-refractivity contribution in [1.82, 2.24) is 0 Å². The molecule has 0 atom stereocenters. The average molecular weight is 392 g/mol. The van der Waals surface area contributed by atoms with Crippen molar-refractivity contribution in [2.75, 3.05) is 23.5 Å². The van der Waals surface area contributed by atoms with Crippen molar-refractivity contribution in [3.05, 3.63) is 84.4 Å². The number of thioether (sulfide) groups is 1. The number of benzene rings is 3. The summed E-state index contributed by atoms with van der Waals surface area (Å²) in [4.78, 5) is 26.0. The fraction of sp³-hybridized carbons (Fsp3) is 0.0909. The molecule has 0 spiro atoms. The lowest BCUT2D eigenvalue weighted by molar-refractivity contribution is -0.113.